The molecule has 106 valence electrons. The van der Waals surface area contributed by atoms with Crippen molar-refractivity contribution in [3.05, 3.63) is 40.4 Å². The number of nitrogens with zero attached hydrogens (tertiary/aromatic N) is 2. The zero-order valence-electron chi connectivity index (χ0n) is 12.1. The molecule has 0 bridgehead atoms. The Balaban J connectivity index is 1.90. The van der Waals surface area contributed by atoms with Gasteiger partial charge in [-0.15, -0.1) is 11.3 Å². The predicted molar refractivity (Wildman–Crippen MR) is 84.7 cm³/mol. The number of fused-ring (bicyclic) bond motifs is 1. The van der Waals surface area contributed by atoms with Gasteiger partial charge >= 0.3 is 0 Å². The van der Waals surface area contributed by atoms with E-state index in [1.54, 1.807) is 0 Å². The monoisotopic (exact) mass is 287 g/mol. The third-order valence-corrected chi connectivity index (χ3v) is 5.03. The molecule has 1 aromatic heterocycles. The highest BCUT2D eigenvalue weighted by molar-refractivity contribution is 7.15. The fourth-order valence-electron chi connectivity index (χ4n) is 2.61. The molecule has 0 saturated heterocycles. The lowest BCUT2D eigenvalue weighted by molar-refractivity contribution is 0.205. The van der Waals surface area contributed by atoms with E-state index in [2.05, 4.69) is 43.0 Å². The average molecular weight is 287 g/mol. The minimum absolute atomic E-state index is 0.583. The molecule has 3 nitrogen and oxygen atoms in total. The zero-order valence-corrected chi connectivity index (χ0v) is 12.9. The molecule has 3 rings (SSSR count). The van der Waals surface area contributed by atoms with Crippen LogP contribution in [0.3, 0.4) is 0 Å². The maximum Gasteiger partial charge on any atom is 0.123 e. The summed E-state index contributed by atoms with van der Waals surface area (Å²) < 4.78 is 0. The highest BCUT2D eigenvalue weighted by Gasteiger charge is 2.22. The number of aromatic nitrogens is 1. The first kappa shape index (κ1) is 13.7. The fourth-order valence-corrected chi connectivity index (χ4v) is 3.74. The van der Waals surface area contributed by atoms with Crippen LogP contribution in [0.1, 0.15) is 30.0 Å². The summed E-state index contributed by atoms with van der Waals surface area (Å²) in [5, 5.41) is 1.14. The van der Waals surface area contributed by atoms with Crippen LogP contribution in [0.25, 0.3) is 10.6 Å². The van der Waals surface area contributed by atoms with E-state index in [1.807, 2.05) is 11.3 Å². The van der Waals surface area contributed by atoms with Crippen LogP contribution in [0, 0.1) is 0 Å². The Labute approximate surface area is 124 Å². The normalized spacial score (nSPS) is 15.6. The Morgan fingerprint density at radius 3 is 3.00 bits per heavy atom. The third-order valence-electron chi connectivity index (χ3n) is 3.90. The lowest BCUT2D eigenvalue weighted by atomic mass is 10.1. The van der Waals surface area contributed by atoms with Gasteiger partial charge in [0.05, 0.1) is 5.69 Å². The molecule has 4 heteroatoms. The highest BCUT2D eigenvalue weighted by atomic mass is 32.1. The summed E-state index contributed by atoms with van der Waals surface area (Å²) in [4.78, 5) is 8.78. The molecular formula is C16H21N3S. The van der Waals surface area contributed by atoms with Gasteiger partial charge in [0.25, 0.3) is 0 Å². The first-order valence-electron chi connectivity index (χ1n) is 7.19. The van der Waals surface area contributed by atoms with E-state index < -0.39 is 0 Å². The van der Waals surface area contributed by atoms with Crippen LogP contribution in [0.2, 0.25) is 0 Å². The number of hydrogen-bond donors (Lipinski definition) is 1. The van der Waals surface area contributed by atoms with Crippen molar-refractivity contribution in [1.82, 2.24) is 9.88 Å². The van der Waals surface area contributed by atoms with Crippen LogP contribution >= 0.6 is 11.3 Å². The second kappa shape index (κ2) is 5.64. The topological polar surface area (TPSA) is 42.2 Å². The van der Waals surface area contributed by atoms with Gasteiger partial charge in [0.15, 0.2) is 0 Å². The molecule has 0 spiro atoms. The minimum atomic E-state index is 0.583. The number of thiazole rings is 1. The molecule has 0 fully saturated rings. The fraction of sp³-hybridized carbons (Fsp3) is 0.438. The van der Waals surface area contributed by atoms with E-state index in [4.69, 9.17) is 10.7 Å². The van der Waals surface area contributed by atoms with Crippen LogP contribution in [0.5, 0.6) is 0 Å². The van der Waals surface area contributed by atoms with Gasteiger partial charge in [-0.1, -0.05) is 18.2 Å². The molecule has 0 atom stereocenters. The van der Waals surface area contributed by atoms with Crippen molar-refractivity contribution in [1.29, 1.82) is 0 Å². The summed E-state index contributed by atoms with van der Waals surface area (Å²) in [6, 6.07) is 9.03. The van der Waals surface area contributed by atoms with E-state index in [-0.39, 0.29) is 0 Å². The summed E-state index contributed by atoms with van der Waals surface area (Å²) in [5.41, 5.74) is 9.38. The largest absolute Gasteiger partial charge is 0.326 e. The second-order valence-corrected chi connectivity index (χ2v) is 6.69. The lowest BCUT2D eigenvalue weighted by Gasteiger charge is -2.29. The summed E-state index contributed by atoms with van der Waals surface area (Å²) in [6.45, 7) is 7.27. The Hall–Kier alpha value is -1.23. The summed E-state index contributed by atoms with van der Waals surface area (Å²) in [6.07, 6.45) is 1.07. The smallest absolute Gasteiger partial charge is 0.123 e. The number of nitrogens with two attached hydrogens (primary N) is 1. The molecule has 1 aromatic carbocycles. The highest BCUT2D eigenvalue weighted by Crippen LogP contribution is 2.32. The summed E-state index contributed by atoms with van der Waals surface area (Å²) >= 11 is 1.84. The van der Waals surface area contributed by atoms with Crippen LogP contribution in [-0.2, 0) is 19.5 Å². The van der Waals surface area contributed by atoms with Gasteiger partial charge in [-0.2, -0.15) is 0 Å². The van der Waals surface area contributed by atoms with E-state index in [0.717, 1.165) is 24.5 Å². The molecular weight excluding hydrogens is 266 g/mol. The molecule has 20 heavy (non-hydrogen) atoms. The molecule has 0 saturated carbocycles. The lowest BCUT2D eigenvalue weighted by Crippen LogP contribution is -2.35. The molecule has 1 aliphatic heterocycles. The van der Waals surface area contributed by atoms with Crippen molar-refractivity contribution in [3.8, 4) is 10.6 Å². The Morgan fingerprint density at radius 2 is 2.25 bits per heavy atom. The Morgan fingerprint density at radius 1 is 1.40 bits per heavy atom. The first-order valence-corrected chi connectivity index (χ1v) is 8.01. The predicted octanol–water partition coefficient (Wildman–Crippen LogP) is 3.04. The minimum Gasteiger partial charge on any atom is -0.326 e. The van der Waals surface area contributed by atoms with Crippen LogP contribution < -0.4 is 5.73 Å². The van der Waals surface area contributed by atoms with Gasteiger partial charge in [-0.05, 0) is 25.5 Å². The molecule has 2 N–H and O–H groups in total. The van der Waals surface area contributed by atoms with Gasteiger partial charge in [0.1, 0.15) is 5.01 Å². The third kappa shape index (κ3) is 2.64. The van der Waals surface area contributed by atoms with Gasteiger partial charge < -0.3 is 5.73 Å². The Kier molecular flexibility index (Phi) is 3.87. The quantitative estimate of drug-likeness (QED) is 0.943. The first-order chi connectivity index (χ1) is 9.67. The second-order valence-electron chi connectivity index (χ2n) is 5.61. The van der Waals surface area contributed by atoms with Gasteiger partial charge in [-0.25, -0.2) is 4.98 Å². The van der Waals surface area contributed by atoms with Gasteiger partial charge in [0.2, 0.25) is 0 Å². The van der Waals surface area contributed by atoms with Crippen LogP contribution in [0.15, 0.2) is 24.3 Å². The van der Waals surface area contributed by atoms with Gasteiger partial charge in [-0.3, -0.25) is 4.90 Å². The van der Waals surface area contributed by atoms with E-state index in [9.17, 15) is 0 Å². The summed E-state index contributed by atoms with van der Waals surface area (Å²) in [5.74, 6) is 0. The maximum atomic E-state index is 5.72. The molecule has 0 amide bonds. The summed E-state index contributed by atoms with van der Waals surface area (Å²) in [7, 11) is 0. The molecule has 2 heterocycles. The molecule has 0 unspecified atom stereocenters. The molecule has 0 radical (unpaired) electrons. The van der Waals surface area contributed by atoms with E-state index in [0.29, 0.717) is 12.6 Å². The number of hydrogen-bond acceptors (Lipinski definition) is 4. The molecule has 2 aromatic rings. The Bertz CT molecular complexity index is 604. The standard InChI is InChI=1S/C16H21N3S/c1-11(2)19-7-6-14-15(10-19)20-16(18-14)13-5-3-4-12(8-13)9-17/h3-5,8,11H,6-7,9-10,17H2,1-2H3. The van der Waals surface area contributed by atoms with Crippen molar-refractivity contribution >= 4 is 11.3 Å². The zero-order chi connectivity index (χ0) is 14.1. The van der Waals surface area contributed by atoms with Crippen molar-refractivity contribution in [2.24, 2.45) is 5.73 Å². The maximum absolute atomic E-state index is 5.72. The van der Waals surface area contributed by atoms with Crippen molar-refractivity contribution in [2.75, 3.05) is 6.54 Å². The SMILES string of the molecule is CC(C)N1CCc2nc(-c3cccc(CN)c3)sc2C1. The average Bonchev–Trinajstić information content (AvgIpc) is 2.90. The number of rotatable bonds is 3. The van der Waals surface area contributed by atoms with E-state index in [1.165, 1.54) is 21.7 Å². The van der Waals surface area contributed by atoms with Crippen molar-refractivity contribution in [3.63, 3.8) is 0 Å². The van der Waals surface area contributed by atoms with Crippen LogP contribution in [0.4, 0.5) is 0 Å². The van der Waals surface area contributed by atoms with Crippen molar-refractivity contribution < 1.29 is 0 Å². The van der Waals surface area contributed by atoms with E-state index >= 15 is 0 Å². The number of benzene rings is 1. The van der Waals surface area contributed by atoms with Crippen LogP contribution in [-0.4, -0.2) is 22.5 Å². The van der Waals surface area contributed by atoms with Gasteiger partial charge in [0, 0.05) is 42.5 Å². The molecule has 1 aliphatic rings. The molecule has 0 aliphatic carbocycles. The van der Waals surface area contributed by atoms with Crippen molar-refractivity contribution in [2.45, 2.75) is 39.4 Å².